The van der Waals surface area contributed by atoms with E-state index in [9.17, 15) is 0 Å². The molecule has 0 heterocycles. The number of ether oxygens (including phenoxy) is 3. The molecule has 0 atom stereocenters. The molecule has 110 valence electrons. The van der Waals surface area contributed by atoms with Gasteiger partial charge in [-0.15, -0.1) is 0 Å². The van der Waals surface area contributed by atoms with Gasteiger partial charge >= 0.3 is 0 Å². The Bertz CT molecular complexity index is 153. The van der Waals surface area contributed by atoms with Crippen molar-refractivity contribution in [1.82, 2.24) is 4.90 Å². The van der Waals surface area contributed by atoms with Crippen molar-refractivity contribution in [3.63, 3.8) is 0 Å². The lowest BCUT2D eigenvalue weighted by atomic mass is 10.4. The van der Waals surface area contributed by atoms with Gasteiger partial charge in [0.15, 0.2) is 0 Å². The van der Waals surface area contributed by atoms with Crippen molar-refractivity contribution < 1.29 is 24.4 Å². The predicted molar refractivity (Wildman–Crippen MR) is 68.7 cm³/mol. The highest BCUT2D eigenvalue weighted by Crippen LogP contribution is 1.88. The summed E-state index contributed by atoms with van der Waals surface area (Å²) in [6, 6.07) is 0. The molecule has 0 aromatic heterocycles. The van der Waals surface area contributed by atoms with E-state index in [1.54, 1.807) is 0 Å². The van der Waals surface area contributed by atoms with Gasteiger partial charge < -0.3 is 24.4 Å². The minimum atomic E-state index is 0.0978. The van der Waals surface area contributed by atoms with Gasteiger partial charge in [-0.2, -0.15) is 0 Å². The van der Waals surface area contributed by atoms with Crippen molar-refractivity contribution in [2.45, 2.75) is 6.92 Å². The Balaban J connectivity index is 3.21. The average Bonchev–Trinajstić information content (AvgIpc) is 2.37. The van der Waals surface area contributed by atoms with E-state index >= 15 is 0 Å². The normalized spacial score (nSPS) is 11.3. The molecule has 0 aromatic rings. The zero-order valence-corrected chi connectivity index (χ0v) is 11.3. The zero-order chi connectivity index (χ0) is 13.5. The lowest BCUT2D eigenvalue weighted by Crippen LogP contribution is -2.33. The van der Waals surface area contributed by atoms with E-state index in [0.29, 0.717) is 59.3 Å². The Kier molecular flexibility index (Phi) is 14.6. The monoisotopic (exact) mass is 265 g/mol. The van der Waals surface area contributed by atoms with Gasteiger partial charge in [0.1, 0.15) is 0 Å². The van der Waals surface area contributed by atoms with Gasteiger partial charge in [-0.1, -0.05) is 0 Å². The Labute approximate surface area is 109 Å². The second kappa shape index (κ2) is 14.8. The molecule has 0 fully saturated rings. The summed E-state index contributed by atoms with van der Waals surface area (Å²) in [7, 11) is 0. The molecule has 0 radical (unpaired) electrons. The van der Waals surface area contributed by atoms with Crippen molar-refractivity contribution >= 4 is 0 Å². The molecule has 0 rings (SSSR count). The van der Waals surface area contributed by atoms with E-state index in [2.05, 4.69) is 0 Å². The van der Waals surface area contributed by atoms with E-state index in [4.69, 9.17) is 24.4 Å². The molecule has 0 saturated heterocycles. The molecule has 18 heavy (non-hydrogen) atoms. The second-order valence-corrected chi connectivity index (χ2v) is 3.71. The van der Waals surface area contributed by atoms with Crippen molar-refractivity contribution in [2.75, 3.05) is 72.5 Å². The number of aliphatic hydroxyl groups excluding tert-OH is 2. The summed E-state index contributed by atoms with van der Waals surface area (Å²) in [5, 5.41) is 17.6. The molecule has 0 aliphatic rings. The third kappa shape index (κ3) is 12.2. The summed E-state index contributed by atoms with van der Waals surface area (Å²) in [6.45, 7) is 7.61. The van der Waals surface area contributed by atoms with Gasteiger partial charge in [-0.05, 0) is 6.92 Å². The lowest BCUT2D eigenvalue weighted by molar-refractivity contribution is 0.0112. The number of nitrogens with zero attached hydrogens (tertiary/aromatic N) is 1. The fourth-order valence-corrected chi connectivity index (χ4v) is 1.40. The highest BCUT2D eigenvalue weighted by Gasteiger charge is 2.02. The maximum Gasteiger partial charge on any atom is 0.0701 e. The van der Waals surface area contributed by atoms with Crippen molar-refractivity contribution in [2.24, 2.45) is 0 Å². The molecule has 2 N–H and O–H groups in total. The molecule has 0 unspecified atom stereocenters. The molecular formula is C12H27NO5. The molecule has 0 aliphatic carbocycles. The number of rotatable bonds is 14. The number of aliphatic hydroxyl groups is 2. The molecule has 0 amide bonds. The fraction of sp³-hybridized carbons (Fsp3) is 1.00. The average molecular weight is 265 g/mol. The van der Waals surface area contributed by atoms with E-state index < -0.39 is 0 Å². The van der Waals surface area contributed by atoms with E-state index in [0.717, 1.165) is 0 Å². The summed E-state index contributed by atoms with van der Waals surface area (Å²) in [5.41, 5.74) is 0. The maximum absolute atomic E-state index is 8.81. The fourth-order valence-electron chi connectivity index (χ4n) is 1.40. The van der Waals surface area contributed by atoms with Crippen molar-refractivity contribution in [3.8, 4) is 0 Å². The first kappa shape index (κ1) is 17.8. The molecule has 0 saturated carbocycles. The highest BCUT2D eigenvalue weighted by atomic mass is 16.5. The maximum atomic E-state index is 8.81. The molecule has 0 aromatic carbocycles. The van der Waals surface area contributed by atoms with Crippen LogP contribution < -0.4 is 0 Å². The van der Waals surface area contributed by atoms with Gasteiger partial charge in [-0.25, -0.2) is 0 Å². The van der Waals surface area contributed by atoms with Crippen LogP contribution in [0.4, 0.5) is 0 Å². The van der Waals surface area contributed by atoms with Crippen LogP contribution in [0.1, 0.15) is 6.92 Å². The Hall–Kier alpha value is -0.240. The highest BCUT2D eigenvalue weighted by molar-refractivity contribution is 4.55. The van der Waals surface area contributed by atoms with E-state index in [1.807, 2.05) is 11.8 Å². The first-order chi connectivity index (χ1) is 8.85. The van der Waals surface area contributed by atoms with Crippen LogP contribution in [0, 0.1) is 0 Å². The molecule has 6 heteroatoms. The van der Waals surface area contributed by atoms with E-state index in [1.165, 1.54) is 0 Å². The first-order valence-electron chi connectivity index (χ1n) is 6.52. The Morgan fingerprint density at radius 1 is 0.722 bits per heavy atom. The van der Waals surface area contributed by atoms with Gasteiger partial charge in [-0.3, -0.25) is 4.90 Å². The standard InChI is InChI=1S/C12H27NO5/c1-2-16-9-10-18-12-11-17-8-5-13(3-6-14)4-7-15/h14-15H,2-12H2,1H3. The number of hydrogen-bond donors (Lipinski definition) is 2. The third-order valence-corrected chi connectivity index (χ3v) is 2.33. The van der Waals surface area contributed by atoms with Gasteiger partial charge in [0, 0.05) is 26.2 Å². The van der Waals surface area contributed by atoms with Crippen LogP contribution >= 0.6 is 0 Å². The smallest absolute Gasteiger partial charge is 0.0701 e. The third-order valence-electron chi connectivity index (χ3n) is 2.33. The van der Waals surface area contributed by atoms with Gasteiger partial charge in [0.25, 0.3) is 0 Å². The zero-order valence-electron chi connectivity index (χ0n) is 11.3. The Morgan fingerprint density at radius 3 is 1.72 bits per heavy atom. The van der Waals surface area contributed by atoms with Gasteiger partial charge in [0.2, 0.25) is 0 Å². The minimum absolute atomic E-state index is 0.0978. The number of hydrogen-bond acceptors (Lipinski definition) is 6. The summed E-state index contributed by atoms with van der Waals surface area (Å²) in [4.78, 5) is 1.95. The largest absolute Gasteiger partial charge is 0.395 e. The molecule has 0 bridgehead atoms. The summed E-state index contributed by atoms with van der Waals surface area (Å²) < 4.78 is 15.8. The minimum Gasteiger partial charge on any atom is -0.395 e. The van der Waals surface area contributed by atoms with Crippen LogP contribution in [0.25, 0.3) is 0 Å². The van der Waals surface area contributed by atoms with Crippen LogP contribution in [0.15, 0.2) is 0 Å². The molecular weight excluding hydrogens is 238 g/mol. The first-order valence-corrected chi connectivity index (χ1v) is 6.52. The topological polar surface area (TPSA) is 71.4 Å². The van der Waals surface area contributed by atoms with Crippen molar-refractivity contribution in [3.05, 3.63) is 0 Å². The lowest BCUT2D eigenvalue weighted by Gasteiger charge is -2.19. The van der Waals surface area contributed by atoms with Crippen molar-refractivity contribution in [1.29, 1.82) is 0 Å². The van der Waals surface area contributed by atoms with Gasteiger partial charge in [0.05, 0.1) is 46.2 Å². The summed E-state index contributed by atoms with van der Waals surface area (Å²) in [5.74, 6) is 0. The van der Waals surface area contributed by atoms with Crippen LogP contribution in [0.3, 0.4) is 0 Å². The Morgan fingerprint density at radius 2 is 1.22 bits per heavy atom. The van der Waals surface area contributed by atoms with Crippen LogP contribution in [-0.2, 0) is 14.2 Å². The van der Waals surface area contributed by atoms with Crippen LogP contribution in [-0.4, -0.2) is 87.6 Å². The van der Waals surface area contributed by atoms with Crippen LogP contribution in [0.2, 0.25) is 0 Å². The van der Waals surface area contributed by atoms with Crippen LogP contribution in [0.5, 0.6) is 0 Å². The SMILES string of the molecule is CCOCCOCCOCCN(CCO)CCO. The molecule has 6 nitrogen and oxygen atoms in total. The van der Waals surface area contributed by atoms with E-state index in [-0.39, 0.29) is 13.2 Å². The summed E-state index contributed by atoms with van der Waals surface area (Å²) >= 11 is 0. The molecule has 0 aliphatic heterocycles. The molecule has 0 spiro atoms. The quantitative estimate of drug-likeness (QED) is 0.406. The predicted octanol–water partition coefficient (Wildman–Crippen LogP) is -0.657. The summed E-state index contributed by atoms with van der Waals surface area (Å²) in [6.07, 6.45) is 0. The second-order valence-electron chi connectivity index (χ2n) is 3.71.